The lowest BCUT2D eigenvalue weighted by Crippen LogP contribution is -2.47. The topological polar surface area (TPSA) is 122 Å². The van der Waals surface area contributed by atoms with Gasteiger partial charge in [0.2, 0.25) is 5.95 Å². The molecule has 0 bridgehead atoms. The Kier molecular flexibility index (Phi) is 7.61. The first-order valence-electron chi connectivity index (χ1n) is 13.2. The van der Waals surface area contributed by atoms with Gasteiger partial charge in [0, 0.05) is 34.7 Å². The Morgan fingerprint density at radius 2 is 2.00 bits per heavy atom. The summed E-state index contributed by atoms with van der Waals surface area (Å²) in [5, 5.41) is 5.03. The quantitative estimate of drug-likeness (QED) is 0.255. The van der Waals surface area contributed by atoms with Gasteiger partial charge < -0.3 is 20.8 Å². The standard InChI is InChI=1S/C29H34ClN7O2/c1-29(2,3)39-28(38)37(17-20-12-11-18(31)14-32-20)21-8-6-7-19(13-21)35-27-34-16-24(30)26(36-27)23-15-33-25-10-5-4-9-22(23)25/h4-5,9-12,14-16,19,21,33H,6-8,13,17,31H2,1-3H3,(H,34,35,36)/t19-,21?/m1/s1. The van der Waals surface area contributed by atoms with Crippen LogP contribution in [0, 0.1) is 0 Å². The van der Waals surface area contributed by atoms with Gasteiger partial charge in [-0.05, 0) is 64.7 Å². The Hall–Kier alpha value is -3.85. The number of rotatable bonds is 6. The predicted octanol–water partition coefficient (Wildman–Crippen LogP) is 6.42. The first-order valence-corrected chi connectivity index (χ1v) is 13.6. The number of carbonyl (C=O) groups excluding carboxylic acids is 1. The number of halogens is 1. The van der Waals surface area contributed by atoms with Crippen LogP contribution in [0.15, 0.2) is 55.0 Å². The summed E-state index contributed by atoms with van der Waals surface area (Å²) in [4.78, 5) is 32.0. The first-order chi connectivity index (χ1) is 18.7. The highest BCUT2D eigenvalue weighted by atomic mass is 35.5. The van der Waals surface area contributed by atoms with Gasteiger partial charge in [-0.3, -0.25) is 9.88 Å². The monoisotopic (exact) mass is 547 g/mol. The summed E-state index contributed by atoms with van der Waals surface area (Å²) in [6, 6.07) is 11.7. The molecule has 10 heteroatoms. The van der Waals surface area contributed by atoms with E-state index >= 15 is 0 Å². The number of pyridine rings is 1. The highest BCUT2D eigenvalue weighted by molar-refractivity contribution is 6.33. The lowest BCUT2D eigenvalue weighted by Gasteiger charge is -2.38. The van der Waals surface area contributed by atoms with Crippen LogP contribution >= 0.6 is 11.6 Å². The number of nitrogens with zero attached hydrogens (tertiary/aromatic N) is 4. The molecule has 0 spiro atoms. The Balaban J connectivity index is 1.35. The number of aromatic nitrogens is 4. The van der Waals surface area contributed by atoms with Gasteiger partial charge in [0.15, 0.2) is 0 Å². The summed E-state index contributed by atoms with van der Waals surface area (Å²) in [6.45, 7) is 5.96. The largest absolute Gasteiger partial charge is 0.444 e. The second kappa shape index (κ2) is 11.1. The van der Waals surface area contributed by atoms with Crippen LogP contribution in [0.1, 0.15) is 52.1 Å². The summed E-state index contributed by atoms with van der Waals surface area (Å²) >= 11 is 6.53. The van der Waals surface area contributed by atoms with Crippen molar-refractivity contribution in [3.63, 3.8) is 0 Å². The molecule has 3 aromatic heterocycles. The van der Waals surface area contributed by atoms with Crippen LogP contribution in [0.5, 0.6) is 0 Å². The van der Waals surface area contributed by atoms with Crippen molar-refractivity contribution in [1.29, 1.82) is 0 Å². The lowest BCUT2D eigenvalue weighted by molar-refractivity contribution is 0.00907. The fourth-order valence-electron chi connectivity index (χ4n) is 5.02. The van der Waals surface area contributed by atoms with Gasteiger partial charge in [0.05, 0.1) is 41.0 Å². The number of H-pyrrole nitrogens is 1. The minimum atomic E-state index is -0.605. The van der Waals surface area contributed by atoms with E-state index in [4.69, 9.17) is 27.1 Å². The molecule has 1 fully saturated rings. The van der Waals surface area contributed by atoms with Crippen LogP contribution in [0.2, 0.25) is 5.02 Å². The maximum absolute atomic E-state index is 13.3. The van der Waals surface area contributed by atoms with Crippen molar-refractivity contribution < 1.29 is 9.53 Å². The molecule has 1 aliphatic rings. The van der Waals surface area contributed by atoms with Gasteiger partial charge in [-0.15, -0.1) is 0 Å². The fourth-order valence-corrected chi connectivity index (χ4v) is 5.21. The van der Waals surface area contributed by atoms with Crippen molar-refractivity contribution in [2.45, 2.75) is 70.7 Å². The molecular weight excluding hydrogens is 514 g/mol. The van der Waals surface area contributed by atoms with Gasteiger partial charge in [0.25, 0.3) is 0 Å². The number of amides is 1. The summed E-state index contributed by atoms with van der Waals surface area (Å²) in [5.74, 6) is 0.509. The first kappa shape index (κ1) is 26.7. The zero-order valence-electron chi connectivity index (χ0n) is 22.4. The molecule has 1 aliphatic carbocycles. The number of carbonyl (C=O) groups is 1. The molecule has 0 saturated heterocycles. The van der Waals surface area contributed by atoms with E-state index in [0.29, 0.717) is 28.9 Å². The Morgan fingerprint density at radius 1 is 1.18 bits per heavy atom. The van der Waals surface area contributed by atoms with Crippen LogP contribution in [0.4, 0.5) is 16.4 Å². The molecule has 1 saturated carbocycles. The minimum Gasteiger partial charge on any atom is -0.444 e. The number of ether oxygens (including phenoxy) is 1. The number of benzene rings is 1. The summed E-state index contributed by atoms with van der Waals surface area (Å²) in [7, 11) is 0. The molecule has 5 rings (SSSR count). The second-order valence-electron chi connectivity index (χ2n) is 11.0. The van der Waals surface area contributed by atoms with E-state index in [1.807, 2.05) is 57.3 Å². The average molecular weight is 548 g/mol. The smallest absolute Gasteiger partial charge is 0.410 e. The van der Waals surface area contributed by atoms with Crippen LogP contribution < -0.4 is 11.1 Å². The van der Waals surface area contributed by atoms with E-state index in [2.05, 4.69) is 20.3 Å². The number of nitrogens with two attached hydrogens (primary N) is 1. The van der Waals surface area contributed by atoms with Crippen LogP contribution in [-0.4, -0.2) is 48.6 Å². The maximum atomic E-state index is 13.3. The number of aromatic amines is 1. The number of nitrogens with one attached hydrogen (secondary N) is 2. The summed E-state index contributed by atoms with van der Waals surface area (Å²) < 4.78 is 5.78. The van der Waals surface area contributed by atoms with Gasteiger partial charge in [-0.25, -0.2) is 14.8 Å². The third-order valence-electron chi connectivity index (χ3n) is 6.82. The zero-order valence-corrected chi connectivity index (χ0v) is 23.2. The lowest BCUT2D eigenvalue weighted by atomic mass is 9.90. The second-order valence-corrected chi connectivity index (χ2v) is 11.4. The highest BCUT2D eigenvalue weighted by Crippen LogP contribution is 2.33. The molecule has 2 atom stereocenters. The van der Waals surface area contributed by atoms with E-state index in [1.165, 1.54) is 0 Å². The van der Waals surface area contributed by atoms with Gasteiger partial charge in [-0.1, -0.05) is 29.8 Å². The van der Waals surface area contributed by atoms with E-state index in [1.54, 1.807) is 23.4 Å². The number of hydrogen-bond donors (Lipinski definition) is 3. The third-order valence-corrected chi connectivity index (χ3v) is 7.09. The van der Waals surface area contributed by atoms with Gasteiger partial charge in [-0.2, -0.15) is 0 Å². The molecule has 0 radical (unpaired) electrons. The van der Waals surface area contributed by atoms with E-state index < -0.39 is 5.60 Å². The molecule has 1 aromatic carbocycles. The van der Waals surface area contributed by atoms with E-state index in [0.717, 1.165) is 47.8 Å². The van der Waals surface area contributed by atoms with E-state index in [-0.39, 0.29) is 18.2 Å². The van der Waals surface area contributed by atoms with Crippen molar-refractivity contribution in [3.05, 3.63) is 65.7 Å². The Bertz CT molecular complexity index is 1450. The molecule has 1 unspecified atom stereocenters. The van der Waals surface area contributed by atoms with Crippen LogP contribution in [0.3, 0.4) is 0 Å². The number of para-hydroxylation sites is 1. The maximum Gasteiger partial charge on any atom is 0.410 e. The van der Waals surface area contributed by atoms with Crippen molar-refractivity contribution >= 4 is 40.2 Å². The number of hydrogen-bond acceptors (Lipinski definition) is 7. The molecule has 4 aromatic rings. The molecule has 3 heterocycles. The normalized spacial score (nSPS) is 17.6. The third kappa shape index (κ3) is 6.42. The molecular formula is C29H34ClN7O2. The zero-order chi connectivity index (χ0) is 27.6. The molecule has 39 heavy (non-hydrogen) atoms. The van der Waals surface area contributed by atoms with Crippen LogP contribution in [-0.2, 0) is 11.3 Å². The average Bonchev–Trinajstić information content (AvgIpc) is 3.32. The Labute approximate surface area is 233 Å². The molecule has 1 amide bonds. The molecule has 204 valence electrons. The number of fused-ring (bicyclic) bond motifs is 1. The van der Waals surface area contributed by atoms with Crippen molar-refractivity contribution in [1.82, 2.24) is 24.8 Å². The summed E-state index contributed by atoms with van der Waals surface area (Å²) in [5.41, 5.74) is 9.17. The van der Waals surface area contributed by atoms with Crippen molar-refractivity contribution in [2.24, 2.45) is 0 Å². The minimum absolute atomic E-state index is 0.0363. The number of nitrogen functional groups attached to an aromatic ring is 1. The van der Waals surface area contributed by atoms with Gasteiger partial charge >= 0.3 is 6.09 Å². The molecule has 9 nitrogen and oxygen atoms in total. The number of anilines is 2. The van der Waals surface area contributed by atoms with Crippen molar-refractivity contribution in [2.75, 3.05) is 11.1 Å². The van der Waals surface area contributed by atoms with Crippen LogP contribution in [0.25, 0.3) is 22.2 Å². The Morgan fingerprint density at radius 3 is 2.77 bits per heavy atom. The fraction of sp³-hybridized carbons (Fsp3) is 0.379. The molecule has 4 N–H and O–H groups in total. The summed E-state index contributed by atoms with van der Waals surface area (Å²) in [6.07, 6.45) is 8.29. The molecule has 0 aliphatic heterocycles. The van der Waals surface area contributed by atoms with Crippen molar-refractivity contribution in [3.8, 4) is 11.3 Å². The predicted molar refractivity (Wildman–Crippen MR) is 154 cm³/mol. The van der Waals surface area contributed by atoms with E-state index in [9.17, 15) is 4.79 Å². The highest BCUT2D eigenvalue weighted by Gasteiger charge is 2.33. The van der Waals surface area contributed by atoms with Gasteiger partial charge in [0.1, 0.15) is 5.60 Å². The SMILES string of the molecule is CC(C)(C)OC(=O)N(Cc1ccc(N)cn1)C1CCC[C@@H](Nc2ncc(Cl)c(-c3c[nH]c4ccccc34)n2)C1.